The van der Waals surface area contributed by atoms with Gasteiger partial charge in [-0.2, -0.15) is 11.8 Å². The van der Waals surface area contributed by atoms with E-state index in [0.717, 1.165) is 11.1 Å². The van der Waals surface area contributed by atoms with Crippen LogP contribution in [0.1, 0.15) is 57.6 Å². The van der Waals surface area contributed by atoms with Crippen LogP contribution in [0.2, 0.25) is 0 Å². The second-order valence-electron chi connectivity index (χ2n) is 11.8. The van der Waals surface area contributed by atoms with Gasteiger partial charge in [-0.3, -0.25) is 9.59 Å². The molecule has 0 aromatic heterocycles. The van der Waals surface area contributed by atoms with E-state index in [2.05, 4.69) is 21.3 Å². The van der Waals surface area contributed by atoms with E-state index in [-0.39, 0.29) is 31.9 Å². The minimum Gasteiger partial charge on any atom is -0.467 e. The summed E-state index contributed by atoms with van der Waals surface area (Å²) in [7, 11) is 1.24. The number of methoxy groups -OCH3 is 1. The number of hydrogen-bond donors (Lipinski definition) is 4. The number of thioether (sulfide) groups is 1. The summed E-state index contributed by atoms with van der Waals surface area (Å²) in [6.07, 6.45) is 2.19. The van der Waals surface area contributed by atoms with E-state index in [9.17, 15) is 24.0 Å². The van der Waals surface area contributed by atoms with Crippen molar-refractivity contribution in [2.45, 2.75) is 83.2 Å². The van der Waals surface area contributed by atoms with Gasteiger partial charge in [-0.1, -0.05) is 60.7 Å². The van der Waals surface area contributed by atoms with Crippen LogP contribution >= 0.6 is 11.8 Å². The fourth-order valence-corrected chi connectivity index (χ4v) is 4.87. The maximum Gasteiger partial charge on any atom is 0.408 e. The van der Waals surface area contributed by atoms with E-state index >= 15 is 0 Å². The molecule has 3 atom stereocenters. The molecule has 258 valence electrons. The number of alkyl carbamates (subject to hydrolysis) is 2. The number of amides is 4. The van der Waals surface area contributed by atoms with Crippen molar-refractivity contribution in [1.29, 1.82) is 0 Å². The van der Waals surface area contributed by atoms with Gasteiger partial charge in [0.2, 0.25) is 11.8 Å². The number of benzene rings is 2. The Morgan fingerprint density at radius 3 is 1.94 bits per heavy atom. The van der Waals surface area contributed by atoms with Crippen LogP contribution in [0.5, 0.6) is 0 Å². The van der Waals surface area contributed by atoms with Crippen molar-refractivity contribution in [1.82, 2.24) is 21.3 Å². The highest BCUT2D eigenvalue weighted by molar-refractivity contribution is 7.98. The molecule has 0 aliphatic carbocycles. The molecular weight excluding hydrogens is 624 g/mol. The first-order valence-electron chi connectivity index (χ1n) is 15.6. The van der Waals surface area contributed by atoms with Crippen molar-refractivity contribution in [3.05, 3.63) is 71.8 Å². The molecule has 4 amide bonds. The predicted molar refractivity (Wildman–Crippen MR) is 181 cm³/mol. The van der Waals surface area contributed by atoms with Gasteiger partial charge in [0.05, 0.1) is 7.11 Å². The Morgan fingerprint density at radius 2 is 1.34 bits per heavy atom. The van der Waals surface area contributed by atoms with E-state index < -0.39 is 47.8 Å². The molecule has 0 unspecified atom stereocenters. The van der Waals surface area contributed by atoms with E-state index in [1.54, 1.807) is 32.5 Å². The lowest BCUT2D eigenvalue weighted by Gasteiger charge is -2.23. The Kier molecular flexibility index (Phi) is 17.2. The number of hydrogen-bond acceptors (Lipinski definition) is 9. The Morgan fingerprint density at radius 1 is 0.745 bits per heavy atom. The highest BCUT2D eigenvalue weighted by Gasteiger charge is 2.28. The molecule has 0 heterocycles. The van der Waals surface area contributed by atoms with Crippen molar-refractivity contribution < 1.29 is 38.2 Å². The summed E-state index contributed by atoms with van der Waals surface area (Å²) < 4.78 is 15.5. The summed E-state index contributed by atoms with van der Waals surface area (Å²) >= 11 is 1.56. The molecular formula is C34H48N4O8S. The van der Waals surface area contributed by atoms with Crippen LogP contribution in [0, 0.1) is 0 Å². The van der Waals surface area contributed by atoms with Crippen molar-refractivity contribution in [3.8, 4) is 0 Å². The Bertz CT molecular complexity index is 1270. The summed E-state index contributed by atoms with van der Waals surface area (Å²) in [5.74, 6) is -0.876. The van der Waals surface area contributed by atoms with E-state index in [1.165, 1.54) is 7.11 Å². The average Bonchev–Trinajstić information content (AvgIpc) is 3.04. The normalized spacial score (nSPS) is 12.9. The zero-order chi connectivity index (χ0) is 34.7. The zero-order valence-corrected chi connectivity index (χ0v) is 28.7. The average molecular weight is 673 g/mol. The third-order valence-corrected chi connectivity index (χ3v) is 7.39. The van der Waals surface area contributed by atoms with Gasteiger partial charge in [-0.25, -0.2) is 14.4 Å². The van der Waals surface area contributed by atoms with Gasteiger partial charge in [0.15, 0.2) is 0 Å². The maximum absolute atomic E-state index is 13.4. The largest absolute Gasteiger partial charge is 0.467 e. The molecule has 0 radical (unpaired) electrons. The van der Waals surface area contributed by atoms with Crippen LogP contribution in [0.25, 0.3) is 0 Å². The van der Waals surface area contributed by atoms with Crippen LogP contribution in [0.3, 0.4) is 0 Å². The number of carbonyl (C=O) groups excluding carboxylic acids is 5. The van der Waals surface area contributed by atoms with Gasteiger partial charge in [-0.05, 0) is 69.6 Å². The Hall–Kier alpha value is -4.26. The third-order valence-electron chi connectivity index (χ3n) is 6.74. The number of nitrogens with one attached hydrogen (secondary N) is 4. The molecule has 2 rings (SSSR count). The molecule has 47 heavy (non-hydrogen) atoms. The zero-order valence-electron chi connectivity index (χ0n) is 27.8. The molecule has 12 nitrogen and oxygen atoms in total. The van der Waals surface area contributed by atoms with Crippen LogP contribution < -0.4 is 21.3 Å². The molecule has 0 saturated heterocycles. The van der Waals surface area contributed by atoms with Crippen molar-refractivity contribution in [2.75, 3.05) is 25.7 Å². The van der Waals surface area contributed by atoms with Crippen molar-refractivity contribution in [2.24, 2.45) is 0 Å². The second kappa shape index (κ2) is 20.8. The molecule has 0 fully saturated rings. The first-order valence-corrected chi connectivity index (χ1v) is 17.0. The maximum atomic E-state index is 13.4. The van der Waals surface area contributed by atoms with Gasteiger partial charge in [0, 0.05) is 13.0 Å². The van der Waals surface area contributed by atoms with Gasteiger partial charge in [-0.15, -0.1) is 0 Å². The second-order valence-corrected chi connectivity index (χ2v) is 12.8. The highest BCUT2D eigenvalue weighted by Crippen LogP contribution is 2.10. The molecule has 0 aliphatic heterocycles. The minimum absolute atomic E-state index is 0.0148. The fourth-order valence-electron chi connectivity index (χ4n) is 4.40. The minimum atomic E-state index is -1.03. The van der Waals surface area contributed by atoms with Crippen LogP contribution in [-0.2, 0) is 41.6 Å². The SMILES string of the molecule is COC(=O)[C@H](Cc1ccccc1)NC(=O)[C@H](CCCCNC(=O)[C@H](CCSC)NC(=O)OC(C)(C)C)NC(=O)OCc1ccccc1. The summed E-state index contributed by atoms with van der Waals surface area (Å²) in [6.45, 7) is 5.52. The van der Waals surface area contributed by atoms with Crippen LogP contribution in [0.4, 0.5) is 9.59 Å². The molecule has 0 saturated carbocycles. The molecule has 2 aromatic carbocycles. The van der Waals surface area contributed by atoms with E-state index in [4.69, 9.17) is 14.2 Å². The van der Waals surface area contributed by atoms with Crippen molar-refractivity contribution >= 4 is 41.7 Å². The number of carbonyl (C=O) groups is 5. The number of rotatable bonds is 18. The number of esters is 1. The Balaban J connectivity index is 2.01. The molecule has 2 aromatic rings. The number of ether oxygens (including phenoxy) is 3. The van der Waals surface area contributed by atoms with Crippen LogP contribution in [0.15, 0.2) is 60.7 Å². The van der Waals surface area contributed by atoms with Gasteiger partial charge < -0.3 is 35.5 Å². The summed E-state index contributed by atoms with van der Waals surface area (Å²) in [5.41, 5.74) is 0.904. The smallest absolute Gasteiger partial charge is 0.408 e. The monoisotopic (exact) mass is 672 g/mol. The molecule has 0 aliphatic rings. The summed E-state index contributed by atoms with van der Waals surface area (Å²) in [4.78, 5) is 63.8. The summed E-state index contributed by atoms with van der Waals surface area (Å²) in [6, 6.07) is 15.5. The first-order chi connectivity index (χ1) is 22.4. The lowest BCUT2D eigenvalue weighted by atomic mass is 10.0. The van der Waals surface area contributed by atoms with Gasteiger partial charge in [0.25, 0.3) is 0 Å². The van der Waals surface area contributed by atoms with E-state index in [0.29, 0.717) is 25.0 Å². The first kappa shape index (κ1) is 38.9. The molecule has 13 heteroatoms. The summed E-state index contributed by atoms with van der Waals surface area (Å²) in [5, 5.41) is 10.8. The third kappa shape index (κ3) is 16.2. The lowest BCUT2D eigenvalue weighted by Crippen LogP contribution is -2.52. The fraction of sp³-hybridized carbons (Fsp3) is 0.500. The molecule has 4 N–H and O–H groups in total. The topological polar surface area (TPSA) is 161 Å². The van der Waals surface area contributed by atoms with Crippen molar-refractivity contribution in [3.63, 3.8) is 0 Å². The highest BCUT2D eigenvalue weighted by atomic mass is 32.2. The van der Waals surface area contributed by atoms with Gasteiger partial charge >= 0.3 is 18.2 Å². The number of unbranched alkanes of at least 4 members (excludes halogenated alkanes) is 1. The predicted octanol–water partition coefficient (Wildman–Crippen LogP) is 4.11. The lowest BCUT2D eigenvalue weighted by molar-refractivity contribution is -0.145. The van der Waals surface area contributed by atoms with Crippen LogP contribution in [-0.4, -0.2) is 79.4 Å². The Labute approximate surface area is 281 Å². The van der Waals surface area contributed by atoms with Gasteiger partial charge in [0.1, 0.15) is 30.3 Å². The van der Waals surface area contributed by atoms with E-state index in [1.807, 2.05) is 66.9 Å². The molecule has 0 spiro atoms. The quantitative estimate of drug-likeness (QED) is 0.104. The standard InChI is InChI=1S/C34H48N4O8S/c1-34(2,3)46-33(43)38-27(19-21-47-5)29(39)35-20-13-12-18-26(37-32(42)45-23-25-16-10-7-11-17-25)30(40)36-28(31(41)44-4)22-24-14-8-6-9-15-24/h6-11,14-17,26-28H,12-13,18-23H2,1-5H3,(H,35,39)(H,36,40)(H,37,42)(H,38,43)/t26-,27-,28-/m0/s1. The molecule has 0 bridgehead atoms.